The molecular formula is C20H32N2O2. The van der Waals surface area contributed by atoms with E-state index in [0.717, 1.165) is 57.8 Å². The van der Waals surface area contributed by atoms with Gasteiger partial charge in [-0.25, -0.2) is 0 Å². The number of unbranched alkanes of at least 4 members (excludes halogenated alkanes) is 8. The fourth-order valence-electron chi connectivity index (χ4n) is 2.84. The molecule has 0 aromatic rings. The topological polar surface area (TPSA) is 62.0 Å². The summed E-state index contributed by atoms with van der Waals surface area (Å²) in [6.07, 6.45) is 24.2. The monoisotopic (exact) mass is 332 g/mol. The molecule has 0 fully saturated rings. The van der Waals surface area contributed by atoms with Crippen molar-refractivity contribution in [2.75, 3.05) is 0 Å². The normalized spacial score (nSPS) is 14.8. The summed E-state index contributed by atoms with van der Waals surface area (Å²) in [5.74, 6) is 1.99. The van der Waals surface area contributed by atoms with E-state index in [9.17, 15) is 4.79 Å². The second kappa shape index (κ2) is 12.8. The maximum absolute atomic E-state index is 10.4. The Morgan fingerprint density at radius 3 is 2.17 bits per heavy atom. The van der Waals surface area contributed by atoms with Crippen molar-refractivity contribution in [1.29, 1.82) is 0 Å². The zero-order chi connectivity index (χ0) is 17.5. The van der Waals surface area contributed by atoms with Crippen molar-refractivity contribution in [3.63, 3.8) is 0 Å². The molecule has 0 amide bonds. The molecule has 1 rings (SSSR count). The van der Waals surface area contributed by atoms with E-state index in [1.165, 1.54) is 25.7 Å². The van der Waals surface area contributed by atoms with Crippen molar-refractivity contribution >= 4 is 5.97 Å². The summed E-state index contributed by atoms with van der Waals surface area (Å²) in [6.45, 7) is 0. The molecule has 1 N–H and O–H groups in total. The van der Waals surface area contributed by atoms with Gasteiger partial charge in [0, 0.05) is 12.8 Å². The lowest BCUT2D eigenvalue weighted by atomic mass is 10.0. The molecule has 0 unspecified atom stereocenters. The first-order valence-corrected chi connectivity index (χ1v) is 9.43. The molecule has 0 aromatic heterocycles. The minimum absolute atomic E-state index is 0.0954. The highest BCUT2D eigenvalue weighted by Crippen LogP contribution is 2.38. The minimum Gasteiger partial charge on any atom is -0.481 e. The number of rotatable bonds is 16. The number of terminal acetylenes is 1. The lowest BCUT2D eigenvalue weighted by Crippen LogP contribution is -2.09. The molecular weight excluding hydrogens is 300 g/mol. The molecule has 0 aromatic carbocycles. The molecule has 1 aliphatic heterocycles. The van der Waals surface area contributed by atoms with Gasteiger partial charge in [-0.3, -0.25) is 4.79 Å². The average molecular weight is 332 g/mol. The van der Waals surface area contributed by atoms with Crippen molar-refractivity contribution in [3.05, 3.63) is 12.2 Å². The SMILES string of the molecule is C#CCCCC1(CC/C=C/CCCCCCCCCC(=O)O)N=N1. The Labute approximate surface area is 146 Å². The summed E-state index contributed by atoms with van der Waals surface area (Å²) in [6, 6.07) is 0. The summed E-state index contributed by atoms with van der Waals surface area (Å²) in [7, 11) is 0. The molecule has 4 heteroatoms. The molecule has 4 nitrogen and oxygen atoms in total. The average Bonchev–Trinajstić information content (AvgIpc) is 3.32. The van der Waals surface area contributed by atoms with Crippen molar-refractivity contribution < 1.29 is 9.90 Å². The number of allylic oxidation sites excluding steroid dienone is 2. The van der Waals surface area contributed by atoms with Gasteiger partial charge in [0.2, 0.25) is 0 Å². The Hall–Kier alpha value is -1.63. The van der Waals surface area contributed by atoms with Crippen LogP contribution in [0.1, 0.15) is 89.9 Å². The maximum Gasteiger partial charge on any atom is 0.303 e. The van der Waals surface area contributed by atoms with Crippen LogP contribution in [0.4, 0.5) is 0 Å². The number of hydrogen-bond acceptors (Lipinski definition) is 3. The van der Waals surface area contributed by atoms with Gasteiger partial charge < -0.3 is 5.11 Å². The first-order valence-electron chi connectivity index (χ1n) is 9.43. The summed E-state index contributed by atoms with van der Waals surface area (Å²) < 4.78 is 0. The smallest absolute Gasteiger partial charge is 0.303 e. The fraction of sp³-hybridized carbons (Fsp3) is 0.750. The van der Waals surface area contributed by atoms with Crippen LogP contribution in [0.15, 0.2) is 22.4 Å². The first kappa shape index (κ1) is 20.4. The van der Waals surface area contributed by atoms with Crippen LogP contribution in [0, 0.1) is 12.3 Å². The van der Waals surface area contributed by atoms with E-state index in [2.05, 4.69) is 28.3 Å². The van der Waals surface area contributed by atoms with Gasteiger partial charge >= 0.3 is 5.97 Å². The van der Waals surface area contributed by atoms with Crippen LogP contribution >= 0.6 is 0 Å². The van der Waals surface area contributed by atoms with E-state index in [-0.39, 0.29) is 5.66 Å². The van der Waals surface area contributed by atoms with Crippen molar-refractivity contribution in [1.82, 2.24) is 0 Å². The third kappa shape index (κ3) is 11.0. The summed E-state index contributed by atoms with van der Waals surface area (Å²) in [4.78, 5) is 10.4. The van der Waals surface area contributed by atoms with Gasteiger partial charge in [-0.1, -0.05) is 44.3 Å². The highest BCUT2D eigenvalue weighted by molar-refractivity contribution is 5.66. The van der Waals surface area contributed by atoms with Crippen LogP contribution in [0.2, 0.25) is 0 Å². The third-order valence-corrected chi connectivity index (χ3v) is 4.42. The second-order valence-electron chi connectivity index (χ2n) is 6.66. The molecule has 0 saturated heterocycles. The fourth-order valence-corrected chi connectivity index (χ4v) is 2.84. The van der Waals surface area contributed by atoms with Crippen LogP contribution in [0.5, 0.6) is 0 Å². The predicted octanol–water partition coefficient (Wildman–Crippen LogP) is 5.88. The van der Waals surface area contributed by atoms with E-state index < -0.39 is 5.97 Å². The molecule has 24 heavy (non-hydrogen) atoms. The molecule has 0 bridgehead atoms. The highest BCUT2D eigenvalue weighted by atomic mass is 16.4. The van der Waals surface area contributed by atoms with Gasteiger partial charge in [-0.2, -0.15) is 10.2 Å². The lowest BCUT2D eigenvalue weighted by molar-refractivity contribution is -0.137. The Morgan fingerprint density at radius 1 is 0.917 bits per heavy atom. The maximum atomic E-state index is 10.4. The van der Waals surface area contributed by atoms with E-state index >= 15 is 0 Å². The molecule has 134 valence electrons. The molecule has 1 aliphatic rings. The van der Waals surface area contributed by atoms with E-state index in [0.29, 0.717) is 6.42 Å². The first-order chi connectivity index (χ1) is 11.7. The Morgan fingerprint density at radius 2 is 1.54 bits per heavy atom. The van der Waals surface area contributed by atoms with Gasteiger partial charge in [-0.05, 0) is 44.9 Å². The van der Waals surface area contributed by atoms with Crippen LogP contribution in [-0.4, -0.2) is 16.7 Å². The Balaban J connectivity index is 1.84. The Bertz CT molecular complexity index is 443. The molecule has 1 heterocycles. The molecule has 0 radical (unpaired) electrons. The molecule has 0 saturated carbocycles. The largest absolute Gasteiger partial charge is 0.481 e. The second-order valence-corrected chi connectivity index (χ2v) is 6.66. The summed E-state index contributed by atoms with van der Waals surface area (Å²) in [5.41, 5.74) is -0.0954. The van der Waals surface area contributed by atoms with Crippen molar-refractivity contribution in [2.24, 2.45) is 10.2 Å². The molecule has 0 spiro atoms. The van der Waals surface area contributed by atoms with Gasteiger partial charge in [0.25, 0.3) is 0 Å². The summed E-state index contributed by atoms with van der Waals surface area (Å²) in [5, 5.41) is 16.9. The van der Waals surface area contributed by atoms with Crippen LogP contribution < -0.4 is 0 Å². The van der Waals surface area contributed by atoms with Crippen molar-refractivity contribution in [3.8, 4) is 12.3 Å². The standard InChI is InChI=1S/C20H32N2O2/c1-2-3-14-17-20(21-22-20)18-15-12-10-8-6-4-5-7-9-11-13-16-19(23)24/h1,10,12H,3-9,11,13-18H2,(H,23,24)/b12-10+. The number of nitrogens with zero attached hydrogens (tertiary/aromatic N) is 2. The predicted molar refractivity (Wildman–Crippen MR) is 97.8 cm³/mol. The van der Waals surface area contributed by atoms with Crippen LogP contribution in [0.25, 0.3) is 0 Å². The van der Waals surface area contributed by atoms with Gasteiger partial charge in [0.15, 0.2) is 5.66 Å². The summed E-state index contributed by atoms with van der Waals surface area (Å²) >= 11 is 0. The van der Waals surface area contributed by atoms with Crippen LogP contribution in [0.3, 0.4) is 0 Å². The highest BCUT2D eigenvalue weighted by Gasteiger charge is 2.37. The Kier molecular flexibility index (Phi) is 10.8. The number of carbonyl (C=O) groups is 1. The number of aliphatic carboxylic acids is 1. The number of hydrogen-bond donors (Lipinski definition) is 1. The van der Waals surface area contributed by atoms with Crippen LogP contribution in [-0.2, 0) is 4.79 Å². The lowest BCUT2D eigenvalue weighted by Gasteiger charge is -2.07. The van der Waals surface area contributed by atoms with Gasteiger partial charge in [-0.15, -0.1) is 12.3 Å². The number of carboxylic acids is 1. The quantitative estimate of drug-likeness (QED) is 0.218. The van der Waals surface area contributed by atoms with Gasteiger partial charge in [0.05, 0.1) is 0 Å². The van der Waals surface area contributed by atoms with Gasteiger partial charge in [0.1, 0.15) is 0 Å². The zero-order valence-electron chi connectivity index (χ0n) is 14.9. The zero-order valence-corrected chi connectivity index (χ0v) is 14.9. The van der Waals surface area contributed by atoms with E-state index in [4.69, 9.17) is 11.5 Å². The third-order valence-electron chi connectivity index (χ3n) is 4.42. The van der Waals surface area contributed by atoms with Crippen molar-refractivity contribution in [2.45, 2.75) is 95.6 Å². The minimum atomic E-state index is -0.677. The van der Waals surface area contributed by atoms with E-state index in [1.807, 2.05) is 0 Å². The molecule has 0 atom stereocenters. The number of carboxylic acid groups (broad SMARTS) is 1. The molecule has 0 aliphatic carbocycles. The van der Waals surface area contributed by atoms with E-state index in [1.54, 1.807) is 0 Å².